The zero-order chi connectivity index (χ0) is 26.1. The fourth-order valence-electron chi connectivity index (χ4n) is 5.37. The summed E-state index contributed by atoms with van der Waals surface area (Å²) in [6, 6.07) is -0.229. The van der Waals surface area contributed by atoms with Crippen LogP contribution < -0.4 is 5.32 Å². The lowest BCUT2D eigenvalue weighted by Gasteiger charge is -2.35. The third-order valence-corrected chi connectivity index (χ3v) is 9.45. The summed E-state index contributed by atoms with van der Waals surface area (Å²) in [7, 11) is 0. The molecule has 3 rings (SSSR count). The van der Waals surface area contributed by atoms with E-state index in [4.69, 9.17) is 4.74 Å². The van der Waals surface area contributed by atoms with Crippen molar-refractivity contribution >= 4 is 29.1 Å². The number of hydrogen-bond donors (Lipinski definition) is 2. The highest BCUT2D eigenvalue weighted by Crippen LogP contribution is 2.45. The molecule has 2 aliphatic rings. The Bertz CT molecular complexity index is 955. The minimum absolute atomic E-state index is 0.0216. The summed E-state index contributed by atoms with van der Waals surface area (Å²) in [5.41, 5.74) is 0.709. The Kier molecular flexibility index (Phi) is 8.65. The lowest BCUT2D eigenvalue weighted by molar-refractivity contribution is -0.141. The van der Waals surface area contributed by atoms with Crippen LogP contribution in [0.15, 0.2) is 11.0 Å². The van der Waals surface area contributed by atoms with E-state index >= 15 is 0 Å². The summed E-state index contributed by atoms with van der Waals surface area (Å²) in [4.78, 5) is 31.0. The number of nitrogens with one attached hydrogen (secondary N) is 1. The van der Waals surface area contributed by atoms with E-state index in [0.717, 1.165) is 35.5 Å². The standard InChI is InChI=1S/C28H44N2O4S/c1-16-10-9-11-28(8)24(34-28)13-22(17(2)12-21-15-35-20(5)29-21)30-25(32)14-23(31)27(6,7)26(33)19(4)18(16)3/h12,15-16,18-19,22-24,31H,9-11,13-14H2,1-8H3,(H,30,32)/b17-12+/t16-,18-,19+,22?,23-,24-,28+/m0/s1. The first-order valence-corrected chi connectivity index (χ1v) is 13.9. The fraction of sp³-hybridized carbons (Fsp3) is 0.750. The number of amides is 1. The van der Waals surface area contributed by atoms with E-state index in [9.17, 15) is 14.7 Å². The first-order valence-electron chi connectivity index (χ1n) is 13.0. The molecule has 3 heterocycles. The van der Waals surface area contributed by atoms with Gasteiger partial charge in [0.15, 0.2) is 0 Å². The molecule has 1 aromatic heterocycles. The molecule has 1 unspecified atom stereocenters. The van der Waals surface area contributed by atoms with E-state index < -0.39 is 11.5 Å². The van der Waals surface area contributed by atoms with Gasteiger partial charge in [-0.05, 0) is 50.7 Å². The van der Waals surface area contributed by atoms with E-state index in [1.54, 1.807) is 25.2 Å². The van der Waals surface area contributed by atoms with Gasteiger partial charge < -0.3 is 15.2 Å². The summed E-state index contributed by atoms with van der Waals surface area (Å²) < 4.78 is 6.16. The highest BCUT2D eigenvalue weighted by atomic mass is 32.1. The Hall–Kier alpha value is -1.57. The molecule has 1 aromatic rings. The number of hydrogen-bond acceptors (Lipinski definition) is 6. The molecule has 0 bridgehead atoms. The van der Waals surface area contributed by atoms with E-state index in [0.29, 0.717) is 12.3 Å². The van der Waals surface area contributed by atoms with Crippen LogP contribution in [0.5, 0.6) is 0 Å². The molecule has 0 saturated carbocycles. The highest BCUT2D eigenvalue weighted by Gasteiger charge is 2.52. The van der Waals surface area contributed by atoms with Crippen molar-refractivity contribution in [1.29, 1.82) is 0 Å². The zero-order valence-electron chi connectivity index (χ0n) is 22.7. The molecule has 0 aliphatic carbocycles. The van der Waals surface area contributed by atoms with Gasteiger partial charge in [0.1, 0.15) is 5.78 Å². The Morgan fingerprint density at radius 3 is 2.57 bits per heavy atom. The van der Waals surface area contributed by atoms with E-state index in [1.807, 2.05) is 32.2 Å². The Morgan fingerprint density at radius 2 is 1.94 bits per heavy atom. The zero-order valence-corrected chi connectivity index (χ0v) is 23.5. The highest BCUT2D eigenvalue weighted by molar-refractivity contribution is 7.09. The second-order valence-electron chi connectivity index (χ2n) is 11.8. The Labute approximate surface area is 214 Å². The summed E-state index contributed by atoms with van der Waals surface area (Å²) in [6.45, 7) is 16.0. The van der Waals surface area contributed by atoms with Crippen LogP contribution >= 0.6 is 11.3 Å². The molecule has 2 saturated heterocycles. The van der Waals surface area contributed by atoms with Crippen LogP contribution in [0, 0.1) is 30.1 Å². The predicted molar refractivity (Wildman–Crippen MR) is 141 cm³/mol. The van der Waals surface area contributed by atoms with Crippen molar-refractivity contribution in [2.45, 2.75) is 111 Å². The number of ketones is 1. The minimum Gasteiger partial charge on any atom is -0.392 e. The number of thiazole rings is 1. The van der Waals surface area contributed by atoms with Gasteiger partial charge in [0, 0.05) is 17.7 Å². The van der Waals surface area contributed by atoms with Crippen molar-refractivity contribution in [2.24, 2.45) is 23.2 Å². The average Bonchev–Trinajstić information content (AvgIpc) is 3.22. The average molecular weight is 505 g/mol. The van der Waals surface area contributed by atoms with Gasteiger partial charge in [-0.15, -0.1) is 11.3 Å². The number of ether oxygens (including phenoxy) is 1. The summed E-state index contributed by atoms with van der Waals surface area (Å²) in [5, 5.41) is 17.1. The monoisotopic (exact) mass is 504 g/mol. The molecule has 0 spiro atoms. The topological polar surface area (TPSA) is 91.8 Å². The first-order chi connectivity index (χ1) is 16.2. The van der Waals surface area contributed by atoms with Crippen molar-refractivity contribution in [3.8, 4) is 0 Å². The number of epoxide rings is 1. The largest absolute Gasteiger partial charge is 0.392 e. The van der Waals surface area contributed by atoms with Gasteiger partial charge in [0.25, 0.3) is 0 Å². The van der Waals surface area contributed by atoms with Crippen LogP contribution in [0.2, 0.25) is 0 Å². The number of aliphatic hydroxyl groups excluding tert-OH is 1. The molecule has 7 heteroatoms. The van der Waals surface area contributed by atoms with Gasteiger partial charge >= 0.3 is 0 Å². The maximum absolute atomic E-state index is 13.4. The summed E-state index contributed by atoms with van der Waals surface area (Å²) in [5.74, 6) is 0.164. The number of carbonyl (C=O) groups excluding carboxylic acids is 2. The SMILES string of the molecule is C/C(=C\c1csc(C)n1)C1C[C@@H]2O[C@]2(C)CCC[C@H](C)[C@H](C)[C@@H](C)C(=O)C(C)(C)[C@@H](O)CC(=O)N1. The van der Waals surface area contributed by atoms with Gasteiger partial charge in [-0.3, -0.25) is 9.59 Å². The van der Waals surface area contributed by atoms with Crippen molar-refractivity contribution in [3.63, 3.8) is 0 Å². The van der Waals surface area contributed by atoms with Crippen LogP contribution in [-0.2, 0) is 14.3 Å². The van der Waals surface area contributed by atoms with Crippen molar-refractivity contribution < 1.29 is 19.4 Å². The number of nitrogens with zero attached hydrogens (tertiary/aromatic N) is 1. The smallest absolute Gasteiger partial charge is 0.223 e. The van der Waals surface area contributed by atoms with Crippen molar-refractivity contribution in [2.75, 3.05) is 0 Å². The van der Waals surface area contributed by atoms with Crippen LogP contribution in [0.25, 0.3) is 6.08 Å². The van der Waals surface area contributed by atoms with Crippen LogP contribution in [-0.4, -0.2) is 45.6 Å². The first kappa shape index (κ1) is 28.0. The third-order valence-electron chi connectivity index (χ3n) is 8.66. The predicted octanol–water partition coefficient (Wildman–Crippen LogP) is 5.33. The lowest BCUT2D eigenvalue weighted by Crippen LogP contribution is -2.46. The van der Waals surface area contributed by atoms with Crippen molar-refractivity contribution in [1.82, 2.24) is 10.3 Å². The normalized spacial score (nSPS) is 37.5. The second kappa shape index (κ2) is 10.8. The molecule has 1 amide bonds. The maximum Gasteiger partial charge on any atom is 0.223 e. The molecule has 0 aromatic carbocycles. The van der Waals surface area contributed by atoms with E-state index in [-0.39, 0.29) is 47.7 Å². The quantitative estimate of drug-likeness (QED) is 0.532. The maximum atomic E-state index is 13.4. The lowest BCUT2D eigenvalue weighted by atomic mass is 9.70. The molecular formula is C28H44N2O4S. The van der Waals surface area contributed by atoms with E-state index in [1.165, 1.54) is 0 Å². The number of aromatic nitrogens is 1. The number of carbonyl (C=O) groups is 2. The number of fused-ring (bicyclic) bond motifs is 1. The number of rotatable bonds is 2. The molecule has 2 N–H and O–H groups in total. The Morgan fingerprint density at radius 1 is 1.26 bits per heavy atom. The molecule has 35 heavy (non-hydrogen) atoms. The van der Waals surface area contributed by atoms with Gasteiger partial charge in [-0.2, -0.15) is 0 Å². The molecule has 6 nitrogen and oxygen atoms in total. The number of Topliss-reactive ketones (excluding diaryl/α,β-unsaturated/α-hetero) is 1. The molecule has 196 valence electrons. The third kappa shape index (κ3) is 6.60. The van der Waals surface area contributed by atoms with Crippen LogP contribution in [0.1, 0.15) is 91.3 Å². The van der Waals surface area contributed by atoms with Gasteiger partial charge in [0.2, 0.25) is 5.91 Å². The van der Waals surface area contributed by atoms with Crippen LogP contribution in [0.4, 0.5) is 0 Å². The van der Waals surface area contributed by atoms with Gasteiger partial charge in [-0.25, -0.2) is 4.98 Å². The van der Waals surface area contributed by atoms with Gasteiger partial charge in [-0.1, -0.05) is 47.5 Å². The Balaban J connectivity index is 1.85. The van der Waals surface area contributed by atoms with Crippen LogP contribution in [0.3, 0.4) is 0 Å². The van der Waals surface area contributed by atoms with Crippen molar-refractivity contribution in [3.05, 3.63) is 21.7 Å². The number of aryl methyl sites for hydroxylation is 1. The van der Waals surface area contributed by atoms with E-state index in [2.05, 4.69) is 31.1 Å². The number of aliphatic hydroxyl groups is 1. The van der Waals surface area contributed by atoms with Gasteiger partial charge in [0.05, 0.1) is 46.4 Å². The molecular weight excluding hydrogens is 460 g/mol. The summed E-state index contributed by atoms with van der Waals surface area (Å²) >= 11 is 1.60. The molecule has 7 atom stereocenters. The summed E-state index contributed by atoms with van der Waals surface area (Å²) in [6.07, 6.45) is 4.65. The molecule has 2 fully saturated rings. The second-order valence-corrected chi connectivity index (χ2v) is 12.8. The fourth-order valence-corrected chi connectivity index (χ4v) is 5.94. The molecule has 2 aliphatic heterocycles. The molecule has 0 radical (unpaired) electrons. The minimum atomic E-state index is -1.05.